The van der Waals surface area contributed by atoms with Crippen LogP contribution >= 0.6 is 0 Å². The Morgan fingerprint density at radius 1 is 1.20 bits per heavy atom. The lowest BCUT2D eigenvalue weighted by Crippen LogP contribution is -2.31. The second-order valence-corrected chi connectivity index (χ2v) is 7.07. The van der Waals surface area contributed by atoms with Crippen LogP contribution < -0.4 is 5.32 Å². The first kappa shape index (κ1) is 17.1. The van der Waals surface area contributed by atoms with Gasteiger partial charge in [0.05, 0.1) is 4.90 Å². The molecule has 0 amide bonds. The quantitative estimate of drug-likeness (QED) is 0.841. The summed E-state index contributed by atoms with van der Waals surface area (Å²) in [6, 6.07) is 5.87. The Morgan fingerprint density at radius 2 is 1.80 bits per heavy atom. The van der Waals surface area contributed by atoms with E-state index in [0.717, 1.165) is 11.1 Å². The van der Waals surface area contributed by atoms with Crippen molar-refractivity contribution in [2.75, 3.05) is 13.1 Å². The standard InChI is InChI=1S/C15H26N2O2S/c1-6-17(7-2)20(18,19)15-10-8-9-14(13(15)5)11-16-12(3)4/h8-10,12,16H,6-7,11H2,1-5H3. The Bertz CT molecular complexity index is 535. The van der Waals surface area contributed by atoms with E-state index in [1.165, 1.54) is 4.31 Å². The van der Waals surface area contributed by atoms with Crippen LogP contribution in [0.25, 0.3) is 0 Å². The van der Waals surface area contributed by atoms with E-state index < -0.39 is 10.0 Å². The van der Waals surface area contributed by atoms with Crippen LogP contribution in [-0.4, -0.2) is 31.9 Å². The zero-order valence-corrected chi connectivity index (χ0v) is 13.9. The number of rotatable bonds is 7. The highest BCUT2D eigenvalue weighted by Crippen LogP contribution is 2.22. The van der Waals surface area contributed by atoms with Gasteiger partial charge in [0, 0.05) is 25.7 Å². The molecule has 0 fully saturated rings. The van der Waals surface area contributed by atoms with Crippen LogP contribution in [0.2, 0.25) is 0 Å². The van der Waals surface area contributed by atoms with Crippen molar-refractivity contribution in [2.45, 2.75) is 52.1 Å². The summed E-state index contributed by atoms with van der Waals surface area (Å²) in [6.45, 7) is 11.4. The largest absolute Gasteiger partial charge is 0.310 e. The fraction of sp³-hybridized carbons (Fsp3) is 0.600. The van der Waals surface area contributed by atoms with E-state index in [-0.39, 0.29) is 0 Å². The molecule has 0 saturated heterocycles. The molecule has 0 atom stereocenters. The first-order valence-electron chi connectivity index (χ1n) is 7.16. The lowest BCUT2D eigenvalue weighted by Gasteiger charge is -2.21. The molecule has 0 aliphatic heterocycles. The van der Waals surface area contributed by atoms with E-state index in [2.05, 4.69) is 19.2 Å². The Kier molecular flexibility index (Phi) is 6.17. The van der Waals surface area contributed by atoms with Gasteiger partial charge in [0.1, 0.15) is 0 Å². The fourth-order valence-corrected chi connectivity index (χ4v) is 3.87. The SMILES string of the molecule is CCN(CC)S(=O)(=O)c1cccc(CNC(C)C)c1C. The third-order valence-electron chi connectivity index (χ3n) is 3.42. The molecule has 0 heterocycles. The van der Waals surface area contributed by atoms with Crippen molar-refractivity contribution in [2.24, 2.45) is 0 Å². The first-order chi connectivity index (χ1) is 9.34. The van der Waals surface area contributed by atoms with Crippen molar-refractivity contribution >= 4 is 10.0 Å². The highest BCUT2D eigenvalue weighted by molar-refractivity contribution is 7.89. The topological polar surface area (TPSA) is 49.4 Å². The van der Waals surface area contributed by atoms with Crippen LogP contribution in [-0.2, 0) is 16.6 Å². The van der Waals surface area contributed by atoms with Gasteiger partial charge in [0.25, 0.3) is 0 Å². The Balaban J connectivity index is 3.17. The summed E-state index contributed by atoms with van der Waals surface area (Å²) < 4.78 is 26.7. The Morgan fingerprint density at radius 3 is 2.30 bits per heavy atom. The number of sulfonamides is 1. The van der Waals surface area contributed by atoms with Crippen molar-refractivity contribution in [3.63, 3.8) is 0 Å². The highest BCUT2D eigenvalue weighted by atomic mass is 32.2. The molecule has 0 bridgehead atoms. The van der Waals surface area contributed by atoms with Gasteiger partial charge in [-0.1, -0.05) is 39.8 Å². The van der Waals surface area contributed by atoms with Crippen molar-refractivity contribution in [3.8, 4) is 0 Å². The summed E-state index contributed by atoms with van der Waals surface area (Å²) >= 11 is 0. The van der Waals surface area contributed by atoms with E-state index in [1.54, 1.807) is 6.07 Å². The van der Waals surface area contributed by atoms with E-state index >= 15 is 0 Å². The van der Waals surface area contributed by atoms with Gasteiger partial charge in [-0.2, -0.15) is 4.31 Å². The van der Waals surface area contributed by atoms with Crippen LogP contribution in [0.15, 0.2) is 23.1 Å². The maximum atomic E-state index is 12.6. The number of benzene rings is 1. The predicted octanol–water partition coefficient (Wildman–Crippen LogP) is 2.52. The molecule has 0 aromatic heterocycles. The van der Waals surface area contributed by atoms with Crippen molar-refractivity contribution in [3.05, 3.63) is 29.3 Å². The van der Waals surface area contributed by atoms with Gasteiger partial charge in [-0.15, -0.1) is 0 Å². The molecule has 1 N–H and O–H groups in total. The highest BCUT2D eigenvalue weighted by Gasteiger charge is 2.24. The summed E-state index contributed by atoms with van der Waals surface area (Å²) in [7, 11) is -3.39. The summed E-state index contributed by atoms with van der Waals surface area (Å²) in [5.41, 5.74) is 1.87. The predicted molar refractivity (Wildman–Crippen MR) is 83.3 cm³/mol. The van der Waals surface area contributed by atoms with Gasteiger partial charge in [-0.25, -0.2) is 8.42 Å². The lowest BCUT2D eigenvalue weighted by molar-refractivity contribution is 0.444. The van der Waals surface area contributed by atoms with E-state index in [1.807, 2.05) is 32.9 Å². The molecule has 114 valence electrons. The van der Waals surface area contributed by atoms with Crippen LogP contribution in [0.1, 0.15) is 38.8 Å². The maximum Gasteiger partial charge on any atom is 0.243 e. The molecular formula is C15H26N2O2S. The summed E-state index contributed by atoms with van der Waals surface area (Å²) in [4.78, 5) is 0.421. The zero-order chi connectivity index (χ0) is 15.3. The molecule has 0 spiro atoms. The summed E-state index contributed by atoms with van der Waals surface area (Å²) in [5, 5.41) is 3.33. The van der Waals surface area contributed by atoms with Gasteiger partial charge < -0.3 is 5.32 Å². The van der Waals surface area contributed by atoms with Crippen LogP contribution in [0.4, 0.5) is 0 Å². The van der Waals surface area contributed by atoms with Crippen LogP contribution in [0.3, 0.4) is 0 Å². The van der Waals surface area contributed by atoms with Gasteiger partial charge in [0.2, 0.25) is 10.0 Å². The molecule has 0 aliphatic rings. The number of nitrogens with zero attached hydrogens (tertiary/aromatic N) is 1. The van der Waals surface area contributed by atoms with E-state index in [4.69, 9.17) is 0 Å². The first-order valence-corrected chi connectivity index (χ1v) is 8.60. The molecule has 1 rings (SSSR count). The minimum Gasteiger partial charge on any atom is -0.310 e. The second kappa shape index (κ2) is 7.20. The Labute approximate surface area is 123 Å². The van der Waals surface area contributed by atoms with Gasteiger partial charge in [-0.3, -0.25) is 0 Å². The van der Waals surface area contributed by atoms with Crippen molar-refractivity contribution in [1.29, 1.82) is 0 Å². The fourth-order valence-electron chi connectivity index (χ4n) is 2.15. The van der Waals surface area contributed by atoms with E-state index in [9.17, 15) is 8.42 Å². The average molecular weight is 298 g/mol. The van der Waals surface area contributed by atoms with Gasteiger partial charge >= 0.3 is 0 Å². The van der Waals surface area contributed by atoms with Gasteiger partial charge in [-0.05, 0) is 24.1 Å². The molecule has 1 aromatic carbocycles. The summed E-state index contributed by atoms with van der Waals surface area (Å²) in [5.74, 6) is 0. The maximum absolute atomic E-state index is 12.6. The minimum atomic E-state index is -3.39. The van der Waals surface area contributed by atoms with Crippen molar-refractivity contribution < 1.29 is 8.42 Å². The van der Waals surface area contributed by atoms with Crippen LogP contribution in [0.5, 0.6) is 0 Å². The van der Waals surface area contributed by atoms with Crippen LogP contribution in [0, 0.1) is 6.92 Å². The summed E-state index contributed by atoms with van der Waals surface area (Å²) in [6.07, 6.45) is 0. The molecule has 20 heavy (non-hydrogen) atoms. The second-order valence-electron chi connectivity index (χ2n) is 5.17. The smallest absolute Gasteiger partial charge is 0.243 e. The molecule has 0 unspecified atom stereocenters. The molecule has 0 saturated carbocycles. The van der Waals surface area contributed by atoms with Gasteiger partial charge in [0.15, 0.2) is 0 Å². The third-order valence-corrected chi connectivity index (χ3v) is 5.61. The minimum absolute atomic E-state index is 0.373. The molecule has 1 aromatic rings. The lowest BCUT2D eigenvalue weighted by atomic mass is 10.1. The monoisotopic (exact) mass is 298 g/mol. The molecule has 4 nitrogen and oxygen atoms in total. The number of hydrogen-bond donors (Lipinski definition) is 1. The third kappa shape index (κ3) is 3.81. The number of hydrogen-bond acceptors (Lipinski definition) is 3. The normalized spacial score (nSPS) is 12.3. The number of nitrogens with one attached hydrogen (secondary N) is 1. The molecule has 0 aliphatic carbocycles. The van der Waals surface area contributed by atoms with Crippen molar-refractivity contribution in [1.82, 2.24) is 9.62 Å². The molecule has 5 heteroatoms. The zero-order valence-electron chi connectivity index (χ0n) is 13.1. The Hall–Kier alpha value is -0.910. The van der Waals surface area contributed by atoms with E-state index in [0.29, 0.717) is 30.6 Å². The molecule has 0 radical (unpaired) electrons. The molecular weight excluding hydrogens is 272 g/mol. The average Bonchev–Trinajstić information content (AvgIpc) is 2.38.